The minimum atomic E-state index is -1.12. The summed E-state index contributed by atoms with van der Waals surface area (Å²) in [6.45, 7) is 9.13. The zero-order chi connectivity index (χ0) is 46.1. The Balaban J connectivity index is 1.33. The van der Waals surface area contributed by atoms with E-state index < -0.39 is 59.9 Å². The lowest BCUT2D eigenvalue weighted by Gasteiger charge is -2.33. The second-order valence-electron chi connectivity index (χ2n) is 19.1. The van der Waals surface area contributed by atoms with E-state index in [1.807, 2.05) is 0 Å². The molecular weight excluding hydrogens is 807 g/mol. The third kappa shape index (κ3) is 16.2. The van der Waals surface area contributed by atoms with Crippen LogP contribution >= 0.6 is 0 Å². The Morgan fingerprint density at radius 2 is 1.55 bits per heavy atom. The van der Waals surface area contributed by atoms with E-state index in [9.17, 15) is 28.8 Å². The highest BCUT2D eigenvalue weighted by Crippen LogP contribution is 2.30. The normalized spacial score (nSPS) is 22.3. The van der Waals surface area contributed by atoms with Gasteiger partial charge in [-0.25, -0.2) is 4.79 Å². The number of carbonyl (C=O) groups is 6. The molecule has 12 heteroatoms. The van der Waals surface area contributed by atoms with Gasteiger partial charge >= 0.3 is 5.97 Å². The minimum absolute atomic E-state index is 0.0207. The van der Waals surface area contributed by atoms with Crippen molar-refractivity contribution in [2.75, 3.05) is 13.1 Å². The molecule has 4 bridgehead atoms. The predicted octanol–water partition coefficient (Wildman–Crippen LogP) is 7.07. The minimum Gasteiger partial charge on any atom is -0.458 e. The van der Waals surface area contributed by atoms with E-state index in [0.29, 0.717) is 37.7 Å². The molecule has 2 heterocycles. The molecule has 6 rings (SSSR count). The number of amides is 4. The van der Waals surface area contributed by atoms with Crippen LogP contribution in [0.5, 0.6) is 0 Å². The first-order valence-electron chi connectivity index (χ1n) is 23.9. The van der Waals surface area contributed by atoms with Gasteiger partial charge in [0.25, 0.3) is 5.91 Å². The molecule has 2 aliphatic carbocycles. The molecule has 2 aliphatic heterocycles. The van der Waals surface area contributed by atoms with E-state index in [1.54, 1.807) is 51.1 Å². The number of fused-ring (bicyclic) bond motifs is 12. The Hall–Kier alpha value is -5.10. The van der Waals surface area contributed by atoms with Gasteiger partial charge in [-0.1, -0.05) is 131 Å². The fourth-order valence-corrected chi connectivity index (χ4v) is 9.00. The van der Waals surface area contributed by atoms with E-state index >= 15 is 0 Å². The van der Waals surface area contributed by atoms with Crippen LogP contribution in [0.1, 0.15) is 141 Å². The zero-order valence-corrected chi connectivity index (χ0v) is 38.8. The number of nitrogens with one attached hydrogen (secondary N) is 5. The lowest BCUT2D eigenvalue weighted by atomic mass is 9.81. The average Bonchev–Trinajstić information content (AvgIpc) is 3.27. The molecule has 6 atom stereocenters. The van der Waals surface area contributed by atoms with Crippen molar-refractivity contribution in [2.24, 2.45) is 17.8 Å². The summed E-state index contributed by atoms with van der Waals surface area (Å²) in [6, 6.07) is 14.3. The first-order valence-corrected chi connectivity index (χ1v) is 23.9. The van der Waals surface area contributed by atoms with Crippen molar-refractivity contribution in [3.05, 3.63) is 95.1 Å². The summed E-state index contributed by atoms with van der Waals surface area (Å²) in [4.78, 5) is 81.8. The third-order valence-corrected chi connectivity index (χ3v) is 12.7. The number of Topliss-reactive ketones (excluding diaryl/α,β-unsaturated/α-hetero) is 1. The van der Waals surface area contributed by atoms with Crippen LogP contribution in [0, 0.1) is 17.8 Å². The lowest BCUT2D eigenvalue weighted by molar-refractivity contribution is -0.158. The molecule has 5 N–H and O–H groups in total. The number of aryl methyl sites for hydroxylation is 2. The van der Waals surface area contributed by atoms with Gasteiger partial charge in [-0.2, -0.15) is 0 Å². The summed E-state index contributed by atoms with van der Waals surface area (Å²) in [7, 11) is 0. The van der Waals surface area contributed by atoms with Crippen molar-refractivity contribution in [2.45, 2.75) is 161 Å². The number of ether oxygens (including phenoxy) is 1. The molecule has 0 spiro atoms. The second kappa shape index (κ2) is 24.8. The van der Waals surface area contributed by atoms with Crippen LogP contribution in [0.2, 0.25) is 0 Å². The van der Waals surface area contributed by atoms with Crippen LogP contribution in [-0.2, 0) is 46.3 Å². The summed E-state index contributed by atoms with van der Waals surface area (Å²) in [6.07, 6.45) is 18.6. The summed E-state index contributed by atoms with van der Waals surface area (Å²) >= 11 is 0. The first-order chi connectivity index (χ1) is 30.7. The van der Waals surface area contributed by atoms with Crippen molar-refractivity contribution in [1.29, 1.82) is 0 Å². The maximum absolute atomic E-state index is 14.5. The molecular formula is C52H73N5O7. The molecule has 4 aliphatic rings. The van der Waals surface area contributed by atoms with Crippen LogP contribution in [-0.4, -0.2) is 72.2 Å². The molecule has 2 aromatic carbocycles. The monoisotopic (exact) mass is 880 g/mol. The average molecular weight is 880 g/mol. The Kier molecular flexibility index (Phi) is 19.4. The molecule has 1 fully saturated rings. The molecule has 4 amide bonds. The molecule has 0 aromatic heterocycles. The smallest absolute Gasteiger partial charge is 0.333 e. The van der Waals surface area contributed by atoms with Gasteiger partial charge in [-0.15, -0.1) is 0 Å². The standard InChI is InChI=1S/C52H73N5O7/c1-6-7-10-21-43(48(60)50(62)54-34-45(59)57-47(40-19-13-9-14-20-40)51(63)64-52(3,4)5)53-33-42-32-41-31-38(24-23-35(41)2)30-29-37-27-25-36(26-28-37)16-15-22-44(58)56-46(49(61)55-42)39-17-11-8-12-18-39/h9,13-14,19-20,23-28,31,35,39,41-43,46-47,53H,6-8,10-12,15-18,21-22,29-30,32-34H2,1-5H3,(H,54,62)(H,55,61)(H,56,58)(H,57,59)/t35?,41?,42?,43?,46-,47?/m0/s1. The number of ketones is 1. The van der Waals surface area contributed by atoms with Crippen molar-refractivity contribution >= 4 is 35.4 Å². The van der Waals surface area contributed by atoms with Crippen molar-refractivity contribution in [3.63, 3.8) is 0 Å². The van der Waals surface area contributed by atoms with Gasteiger partial charge in [0.05, 0.1) is 12.6 Å². The molecule has 1 saturated carbocycles. The topological polar surface area (TPSA) is 172 Å². The number of allylic oxidation sites excluding steroid dienone is 4. The summed E-state index contributed by atoms with van der Waals surface area (Å²) in [5, 5.41) is 15.0. The highest BCUT2D eigenvalue weighted by molar-refractivity contribution is 6.38. The molecule has 0 radical (unpaired) electrons. The largest absolute Gasteiger partial charge is 0.458 e. The van der Waals surface area contributed by atoms with E-state index in [4.69, 9.17) is 4.74 Å². The summed E-state index contributed by atoms with van der Waals surface area (Å²) in [5.74, 6) is -2.98. The van der Waals surface area contributed by atoms with E-state index in [0.717, 1.165) is 64.2 Å². The lowest BCUT2D eigenvalue weighted by Crippen LogP contribution is -2.56. The van der Waals surface area contributed by atoms with E-state index in [2.05, 4.69) is 82.9 Å². The van der Waals surface area contributed by atoms with Crippen LogP contribution < -0.4 is 26.6 Å². The number of benzene rings is 2. The summed E-state index contributed by atoms with van der Waals surface area (Å²) < 4.78 is 5.57. The van der Waals surface area contributed by atoms with Gasteiger partial charge in [-0.3, -0.25) is 24.0 Å². The van der Waals surface area contributed by atoms with Crippen molar-refractivity contribution < 1.29 is 33.5 Å². The molecule has 0 saturated heterocycles. The summed E-state index contributed by atoms with van der Waals surface area (Å²) in [5.41, 5.74) is 3.41. The maximum atomic E-state index is 14.5. The van der Waals surface area contributed by atoms with Gasteiger partial charge in [0.15, 0.2) is 6.04 Å². The maximum Gasteiger partial charge on any atom is 0.333 e. The Morgan fingerprint density at radius 1 is 0.844 bits per heavy atom. The molecule has 348 valence electrons. The van der Waals surface area contributed by atoms with Crippen LogP contribution in [0.3, 0.4) is 0 Å². The molecule has 64 heavy (non-hydrogen) atoms. The number of hydrogen-bond acceptors (Lipinski definition) is 8. The van der Waals surface area contributed by atoms with Crippen molar-refractivity contribution in [1.82, 2.24) is 26.6 Å². The van der Waals surface area contributed by atoms with Gasteiger partial charge < -0.3 is 31.3 Å². The molecule has 2 aromatic rings. The van der Waals surface area contributed by atoms with Crippen LogP contribution in [0.15, 0.2) is 78.4 Å². The van der Waals surface area contributed by atoms with Gasteiger partial charge in [0, 0.05) is 19.0 Å². The number of hydrogen-bond donors (Lipinski definition) is 5. The van der Waals surface area contributed by atoms with Gasteiger partial charge in [-0.05, 0) is 107 Å². The number of rotatable bonds is 15. The zero-order valence-electron chi connectivity index (χ0n) is 38.8. The highest BCUT2D eigenvalue weighted by Gasteiger charge is 2.34. The predicted molar refractivity (Wildman–Crippen MR) is 250 cm³/mol. The van der Waals surface area contributed by atoms with Gasteiger partial charge in [0.1, 0.15) is 11.6 Å². The fraction of sp³-hybridized carbons (Fsp3) is 0.577. The second-order valence-corrected chi connectivity index (χ2v) is 19.1. The van der Waals surface area contributed by atoms with E-state index in [-0.39, 0.29) is 36.1 Å². The first kappa shape index (κ1) is 49.9. The Labute approximate surface area is 381 Å². The fourth-order valence-electron chi connectivity index (χ4n) is 9.00. The van der Waals surface area contributed by atoms with Crippen molar-refractivity contribution in [3.8, 4) is 0 Å². The van der Waals surface area contributed by atoms with Crippen LogP contribution in [0.25, 0.3) is 0 Å². The Morgan fingerprint density at radius 3 is 2.23 bits per heavy atom. The number of unbranched alkanes of at least 4 members (excludes halogenated alkanes) is 2. The third-order valence-electron chi connectivity index (χ3n) is 12.7. The molecule has 5 unspecified atom stereocenters. The highest BCUT2D eigenvalue weighted by atomic mass is 16.6. The quantitative estimate of drug-likeness (QED) is 0.0719. The Bertz CT molecular complexity index is 1930. The SMILES string of the molecule is CCCCCC(NCC1CC2C=C(C=CC2C)CCc2ccc(cc2)CCCC(=O)N[C@@H](C2CCCCC2)C(=O)N1)C(=O)C(=O)NCC(=O)NC(C(=O)OC(C)(C)C)c1ccccc1. The molecule has 12 nitrogen and oxygen atoms in total. The van der Waals surface area contributed by atoms with Crippen LogP contribution in [0.4, 0.5) is 0 Å². The van der Waals surface area contributed by atoms with Gasteiger partial charge in [0.2, 0.25) is 23.5 Å². The van der Waals surface area contributed by atoms with E-state index in [1.165, 1.54) is 16.7 Å². The number of esters is 1. The number of carbonyl (C=O) groups excluding carboxylic acids is 6.